The lowest BCUT2D eigenvalue weighted by Crippen LogP contribution is -2.50. The number of rotatable bonds is 1. The summed E-state index contributed by atoms with van der Waals surface area (Å²) in [5.74, 6) is -5.29. The minimum atomic E-state index is -1.60. The highest BCUT2D eigenvalue weighted by Crippen LogP contribution is 2.75. The molecule has 0 radical (unpaired) electrons. The Morgan fingerprint density at radius 3 is 2.49 bits per heavy atom. The van der Waals surface area contributed by atoms with Crippen LogP contribution < -0.4 is 0 Å². The zero-order valence-electron chi connectivity index (χ0n) is 23.1. The molecule has 39 heavy (non-hydrogen) atoms. The molecule has 8 aliphatic rings. The Balaban J connectivity index is 1.31. The molecule has 0 unspecified atom stereocenters. The van der Waals surface area contributed by atoms with Gasteiger partial charge in [-0.05, 0) is 37.5 Å². The van der Waals surface area contributed by atoms with E-state index in [9.17, 15) is 24.6 Å². The van der Waals surface area contributed by atoms with Crippen molar-refractivity contribution in [2.75, 3.05) is 6.61 Å². The second kappa shape index (κ2) is 6.90. The van der Waals surface area contributed by atoms with Crippen molar-refractivity contribution >= 4 is 17.7 Å². The third-order valence-electron chi connectivity index (χ3n) is 12.8. The molecule has 9 heteroatoms. The van der Waals surface area contributed by atoms with Gasteiger partial charge in [0.1, 0.15) is 17.0 Å². The predicted molar refractivity (Wildman–Crippen MR) is 132 cm³/mol. The van der Waals surface area contributed by atoms with Crippen LogP contribution in [0.4, 0.5) is 0 Å². The molecule has 2 N–H and O–H groups in total. The molecule has 4 spiro atoms. The Bertz CT molecular complexity index is 1270. The average Bonchev–Trinajstić information content (AvgIpc) is 3.55. The highest BCUT2D eigenvalue weighted by Gasteiger charge is 2.84. The van der Waals surface area contributed by atoms with Crippen LogP contribution in [0.3, 0.4) is 0 Å². The van der Waals surface area contributed by atoms with Gasteiger partial charge in [-0.2, -0.15) is 0 Å². The molecule has 0 aromatic rings. The van der Waals surface area contributed by atoms with Crippen molar-refractivity contribution in [3.63, 3.8) is 0 Å². The summed E-state index contributed by atoms with van der Waals surface area (Å²) < 4.78 is 26.2. The number of fused-ring (bicyclic) bond motifs is 1. The van der Waals surface area contributed by atoms with Crippen LogP contribution in [0.15, 0.2) is 11.3 Å². The SMILES string of the molecule is C[C@@H]1C(=O)[C@@]2(C)CC[C@]34C[C@]56OC(=O)C[C@H]5C[C@@](C)(CO)[C@@H]6CCC3=C(O)[C@]3(O4)O[C@@]4(C[C@H](C)C(=O)O4)[C@@H]1[C@H]32. The summed E-state index contributed by atoms with van der Waals surface area (Å²) in [6.07, 6.45) is 3.86. The summed E-state index contributed by atoms with van der Waals surface area (Å²) in [4.78, 5) is 39.5. The smallest absolute Gasteiger partial charge is 0.311 e. The molecule has 3 saturated carbocycles. The first-order valence-electron chi connectivity index (χ1n) is 14.7. The predicted octanol–water partition coefficient (Wildman–Crippen LogP) is 3.33. The van der Waals surface area contributed by atoms with Gasteiger partial charge in [0.2, 0.25) is 11.6 Å². The van der Waals surface area contributed by atoms with E-state index in [0.29, 0.717) is 51.4 Å². The van der Waals surface area contributed by atoms with E-state index in [1.807, 2.05) is 13.8 Å². The molecule has 2 bridgehead atoms. The monoisotopic (exact) mass is 542 g/mol. The van der Waals surface area contributed by atoms with Crippen LogP contribution in [0.2, 0.25) is 0 Å². The molecule has 12 atom stereocenters. The molecule has 0 aromatic carbocycles. The molecule has 212 valence electrons. The van der Waals surface area contributed by atoms with E-state index in [-0.39, 0.29) is 47.8 Å². The van der Waals surface area contributed by atoms with Crippen LogP contribution in [0, 0.1) is 46.3 Å². The zero-order chi connectivity index (χ0) is 27.5. The van der Waals surface area contributed by atoms with E-state index in [1.165, 1.54) is 0 Å². The minimum absolute atomic E-state index is 0.000308. The van der Waals surface area contributed by atoms with Gasteiger partial charge in [-0.1, -0.05) is 27.7 Å². The Hall–Kier alpha value is -1.97. The van der Waals surface area contributed by atoms with E-state index in [1.54, 1.807) is 6.92 Å². The Kier molecular flexibility index (Phi) is 4.39. The van der Waals surface area contributed by atoms with Crippen LogP contribution in [0.5, 0.6) is 0 Å². The van der Waals surface area contributed by atoms with E-state index in [2.05, 4.69) is 6.92 Å². The number of hydrogen-bond donors (Lipinski definition) is 2. The summed E-state index contributed by atoms with van der Waals surface area (Å²) in [6.45, 7) is 7.73. The molecule has 5 aliphatic heterocycles. The second-order valence-electron chi connectivity index (χ2n) is 14.7. The van der Waals surface area contributed by atoms with Gasteiger partial charge in [0.15, 0.2) is 5.76 Å². The largest absolute Gasteiger partial charge is 0.507 e. The van der Waals surface area contributed by atoms with E-state index < -0.39 is 51.4 Å². The summed E-state index contributed by atoms with van der Waals surface area (Å²) in [7, 11) is 0. The van der Waals surface area contributed by atoms with Gasteiger partial charge < -0.3 is 24.4 Å². The lowest BCUT2D eigenvalue weighted by atomic mass is 9.65. The van der Waals surface area contributed by atoms with Crippen LogP contribution in [-0.4, -0.2) is 57.3 Å². The van der Waals surface area contributed by atoms with Gasteiger partial charge in [-0.15, -0.1) is 0 Å². The number of Topliss-reactive ketones (excluding diaryl/α,β-unsaturated/α-hetero) is 1. The lowest BCUT2D eigenvalue weighted by molar-refractivity contribution is -0.322. The number of ketones is 1. The molecular formula is C30H38O9. The van der Waals surface area contributed by atoms with Crippen molar-refractivity contribution in [2.45, 2.75) is 102 Å². The summed E-state index contributed by atoms with van der Waals surface area (Å²) in [5, 5.41) is 22.6. The molecule has 3 aliphatic carbocycles. The summed E-state index contributed by atoms with van der Waals surface area (Å²) >= 11 is 0. The zero-order valence-corrected chi connectivity index (χ0v) is 23.1. The quantitative estimate of drug-likeness (QED) is 0.480. The van der Waals surface area contributed by atoms with Crippen LogP contribution >= 0.6 is 0 Å². The molecule has 8 rings (SSSR count). The molecule has 0 amide bonds. The number of aliphatic hydroxyl groups is 2. The number of carbonyl (C=O) groups excluding carboxylic acids is 3. The number of hydrogen-bond acceptors (Lipinski definition) is 9. The fourth-order valence-electron chi connectivity index (χ4n) is 11.3. The van der Waals surface area contributed by atoms with Gasteiger partial charge in [0.25, 0.3) is 0 Å². The first kappa shape index (κ1) is 24.8. The van der Waals surface area contributed by atoms with Crippen molar-refractivity contribution in [1.29, 1.82) is 0 Å². The molecular weight excluding hydrogens is 504 g/mol. The third-order valence-corrected chi connectivity index (χ3v) is 12.8. The normalized spacial score (nSPS) is 58.6. The topological polar surface area (TPSA) is 129 Å². The van der Waals surface area contributed by atoms with Crippen molar-refractivity contribution < 1.29 is 43.5 Å². The van der Waals surface area contributed by atoms with Crippen LogP contribution in [-0.2, 0) is 33.3 Å². The summed E-state index contributed by atoms with van der Waals surface area (Å²) in [5.41, 5.74) is -2.28. The first-order valence-corrected chi connectivity index (χ1v) is 14.7. The fraction of sp³-hybridized carbons (Fsp3) is 0.833. The maximum absolute atomic E-state index is 14.0. The van der Waals surface area contributed by atoms with Gasteiger partial charge in [-0.25, -0.2) is 0 Å². The molecule has 0 aromatic heterocycles. The molecule has 4 saturated heterocycles. The van der Waals surface area contributed by atoms with E-state index >= 15 is 0 Å². The number of aliphatic hydroxyl groups excluding tert-OH is 2. The van der Waals surface area contributed by atoms with E-state index in [0.717, 1.165) is 5.57 Å². The van der Waals surface area contributed by atoms with Crippen molar-refractivity contribution in [1.82, 2.24) is 0 Å². The van der Waals surface area contributed by atoms with Gasteiger partial charge in [0.05, 0.1) is 12.3 Å². The number of carbonyl (C=O) groups is 3. The Morgan fingerprint density at radius 1 is 1.03 bits per heavy atom. The van der Waals surface area contributed by atoms with Crippen LogP contribution in [0.25, 0.3) is 0 Å². The first-order chi connectivity index (χ1) is 18.3. The fourth-order valence-corrected chi connectivity index (χ4v) is 11.3. The lowest BCUT2D eigenvalue weighted by Gasteiger charge is -2.43. The van der Waals surface area contributed by atoms with Crippen molar-refractivity contribution in [3.8, 4) is 0 Å². The van der Waals surface area contributed by atoms with Gasteiger partial charge in [-0.3, -0.25) is 19.1 Å². The maximum atomic E-state index is 14.0. The van der Waals surface area contributed by atoms with E-state index in [4.69, 9.17) is 18.9 Å². The summed E-state index contributed by atoms with van der Waals surface area (Å²) in [6, 6.07) is 0. The van der Waals surface area contributed by atoms with Crippen LogP contribution in [0.1, 0.15) is 79.1 Å². The minimum Gasteiger partial charge on any atom is -0.507 e. The van der Waals surface area contributed by atoms with Crippen molar-refractivity contribution in [2.24, 2.45) is 46.3 Å². The Labute approximate surface area is 227 Å². The Morgan fingerprint density at radius 2 is 1.79 bits per heavy atom. The molecule has 9 nitrogen and oxygen atoms in total. The second-order valence-corrected chi connectivity index (χ2v) is 14.7. The highest BCUT2D eigenvalue weighted by atomic mass is 16.8. The molecule has 7 fully saturated rings. The standard InChI is InChI=1S/C30H38O9/c1-14-10-29(37-24(14)35)20-15(2)22(33)26(4)7-8-27-12-28-16(9-19(32)36-28)11-25(3,13-31)18(28)6-5-17(27)23(34)30(38-27,39-29)21(20)26/h14-16,18,20-21,31,34H,5-13H2,1-4H3/t14-,15-,16-,18-,20-,21-,25-,26-,27-,28-,29-,30+/m0/s1. The maximum Gasteiger partial charge on any atom is 0.311 e. The average molecular weight is 543 g/mol. The highest BCUT2D eigenvalue weighted by molar-refractivity contribution is 5.91. The number of ether oxygens (including phenoxy) is 4. The molecule has 5 heterocycles. The number of esters is 2. The van der Waals surface area contributed by atoms with Gasteiger partial charge in [0, 0.05) is 60.0 Å². The van der Waals surface area contributed by atoms with Gasteiger partial charge >= 0.3 is 11.9 Å². The third kappa shape index (κ3) is 2.51. The van der Waals surface area contributed by atoms with Crippen molar-refractivity contribution in [3.05, 3.63) is 11.3 Å².